The van der Waals surface area contributed by atoms with Gasteiger partial charge in [0.1, 0.15) is 0 Å². The summed E-state index contributed by atoms with van der Waals surface area (Å²) >= 11 is 1.28. The maximum atomic E-state index is 11.7. The van der Waals surface area contributed by atoms with E-state index in [1.165, 1.54) is 16.7 Å². The number of rotatable bonds is 6. The van der Waals surface area contributed by atoms with Crippen molar-refractivity contribution in [3.05, 3.63) is 46.2 Å². The van der Waals surface area contributed by atoms with Gasteiger partial charge in [0.05, 0.1) is 11.4 Å². The van der Waals surface area contributed by atoms with Crippen LogP contribution in [-0.2, 0) is 17.6 Å². The van der Waals surface area contributed by atoms with E-state index in [1.54, 1.807) is 24.5 Å². The molecule has 0 atom stereocenters. The summed E-state index contributed by atoms with van der Waals surface area (Å²) in [5, 5.41) is 13.7. The molecule has 1 amide bonds. The molecule has 0 saturated carbocycles. The van der Waals surface area contributed by atoms with E-state index in [-0.39, 0.29) is 11.6 Å². The molecule has 104 valence electrons. The van der Waals surface area contributed by atoms with Gasteiger partial charge in [-0.1, -0.05) is 0 Å². The molecule has 2 aromatic heterocycles. The number of aromatic carboxylic acids is 1. The Labute approximate surface area is 119 Å². The van der Waals surface area contributed by atoms with Crippen LogP contribution in [0.2, 0.25) is 0 Å². The number of amides is 1. The first-order chi connectivity index (χ1) is 9.65. The van der Waals surface area contributed by atoms with Gasteiger partial charge in [-0.05, 0) is 17.7 Å². The molecule has 20 heavy (non-hydrogen) atoms. The smallest absolute Gasteiger partial charge is 0.355 e. The monoisotopic (exact) mass is 291 g/mol. The van der Waals surface area contributed by atoms with Crippen molar-refractivity contribution in [2.45, 2.75) is 12.8 Å². The minimum Gasteiger partial charge on any atom is -0.476 e. The molecular weight excluding hydrogens is 278 g/mol. The number of hydrogen-bond acceptors (Lipinski definition) is 5. The Hall–Kier alpha value is -2.28. The molecule has 0 aliphatic heterocycles. The van der Waals surface area contributed by atoms with Crippen molar-refractivity contribution in [3.63, 3.8) is 0 Å². The van der Waals surface area contributed by atoms with Crippen molar-refractivity contribution in [1.82, 2.24) is 15.3 Å². The molecule has 0 spiro atoms. The van der Waals surface area contributed by atoms with Crippen LogP contribution >= 0.6 is 11.3 Å². The zero-order chi connectivity index (χ0) is 14.4. The summed E-state index contributed by atoms with van der Waals surface area (Å²) in [5.41, 5.74) is 0.952. The number of carbonyl (C=O) groups is 2. The minimum absolute atomic E-state index is 0.0492. The topological polar surface area (TPSA) is 92.2 Å². The van der Waals surface area contributed by atoms with E-state index in [1.807, 2.05) is 0 Å². The molecule has 2 rings (SSSR count). The first-order valence-corrected chi connectivity index (χ1v) is 6.86. The quantitative estimate of drug-likeness (QED) is 0.832. The molecule has 0 radical (unpaired) electrons. The molecular formula is C13H13N3O3S. The molecule has 2 N–H and O–H groups in total. The summed E-state index contributed by atoms with van der Waals surface area (Å²) < 4.78 is 0. The van der Waals surface area contributed by atoms with E-state index < -0.39 is 5.97 Å². The summed E-state index contributed by atoms with van der Waals surface area (Å²) in [6.07, 6.45) is 4.12. The Bertz CT molecular complexity index is 598. The van der Waals surface area contributed by atoms with E-state index in [4.69, 9.17) is 5.11 Å². The third-order valence-corrected chi connectivity index (χ3v) is 3.45. The molecule has 6 nitrogen and oxygen atoms in total. The van der Waals surface area contributed by atoms with E-state index in [0.29, 0.717) is 24.4 Å². The lowest BCUT2D eigenvalue weighted by Gasteiger charge is -2.03. The summed E-state index contributed by atoms with van der Waals surface area (Å²) in [6, 6.07) is 3.58. The van der Waals surface area contributed by atoms with Crippen LogP contribution in [0.1, 0.15) is 21.1 Å². The zero-order valence-electron chi connectivity index (χ0n) is 10.6. The Morgan fingerprint density at radius 2 is 2.05 bits per heavy atom. The van der Waals surface area contributed by atoms with Crippen LogP contribution in [0.15, 0.2) is 29.9 Å². The molecule has 0 unspecified atom stereocenters. The van der Waals surface area contributed by atoms with E-state index >= 15 is 0 Å². The van der Waals surface area contributed by atoms with Gasteiger partial charge in [0, 0.05) is 30.7 Å². The van der Waals surface area contributed by atoms with Gasteiger partial charge < -0.3 is 10.4 Å². The van der Waals surface area contributed by atoms with Crippen LogP contribution in [0.25, 0.3) is 0 Å². The number of nitrogens with one attached hydrogen (secondary N) is 1. The molecule has 0 fully saturated rings. The second-order valence-electron chi connectivity index (χ2n) is 4.06. The van der Waals surface area contributed by atoms with Gasteiger partial charge in [0.25, 0.3) is 0 Å². The van der Waals surface area contributed by atoms with E-state index in [9.17, 15) is 9.59 Å². The van der Waals surface area contributed by atoms with Crippen molar-refractivity contribution < 1.29 is 14.7 Å². The Kier molecular flexibility index (Phi) is 4.78. The SMILES string of the molecule is O=C(Cc1ccncc1)NCCc1nc(C(=O)O)cs1. The van der Waals surface area contributed by atoms with Crippen LogP contribution in [0.5, 0.6) is 0 Å². The van der Waals surface area contributed by atoms with Gasteiger partial charge in [0.15, 0.2) is 5.69 Å². The summed E-state index contributed by atoms with van der Waals surface area (Å²) in [5.74, 6) is -1.11. The van der Waals surface area contributed by atoms with Gasteiger partial charge in [0.2, 0.25) is 5.91 Å². The maximum absolute atomic E-state index is 11.7. The third kappa shape index (κ3) is 4.13. The first kappa shape index (κ1) is 14.1. The summed E-state index contributed by atoms with van der Waals surface area (Å²) in [4.78, 5) is 30.2. The van der Waals surface area contributed by atoms with Gasteiger partial charge in [-0.3, -0.25) is 9.78 Å². The number of carbonyl (C=O) groups excluding carboxylic acids is 1. The fourth-order valence-corrected chi connectivity index (χ4v) is 2.35. The molecule has 7 heteroatoms. The van der Waals surface area contributed by atoms with Gasteiger partial charge >= 0.3 is 5.97 Å². The van der Waals surface area contributed by atoms with Gasteiger partial charge in [-0.15, -0.1) is 11.3 Å². The third-order valence-electron chi connectivity index (χ3n) is 2.55. The van der Waals surface area contributed by atoms with Crippen LogP contribution < -0.4 is 5.32 Å². The lowest BCUT2D eigenvalue weighted by molar-refractivity contribution is -0.120. The molecule has 2 aromatic rings. The second kappa shape index (κ2) is 6.76. The largest absolute Gasteiger partial charge is 0.476 e. The van der Waals surface area contributed by atoms with Gasteiger partial charge in [-0.2, -0.15) is 0 Å². The fraction of sp³-hybridized carbons (Fsp3) is 0.231. The number of aromatic nitrogens is 2. The van der Waals surface area contributed by atoms with Crippen LogP contribution in [0, 0.1) is 0 Å². The Morgan fingerprint density at radius 1 is 1.30 bits per heavy atom. The molecule has 0 aliphatic rings. The van der Waals surface area contributed by atoms with Crippen molar-refractivity contribution >= 4 is 23.2 Å². The Morgan fingerprint density at radius 3 is 2.70 bits per heavy atom. The number of carboxylic acid groups (broad SMARTS) is 1. The average Bonchev–Trinajstić information content (AvgIpc) is 2.89. The lowest BCUT2D eigenvalue weighted by Crippen LogP contribution is -2.27. The van der Waals surface area contributed by atoms with Crippen LogP contribution in [-0.4, -0.2) is 33.5 Å². The van der Waals surface area contributed by atoms with Crippen molar-refractivity contribution in [1.29, 1.82) is 0 Å². The normalized spacial score (nSPS) is 10.2. The van der Waals surface area contributed by atoms with Crippen LogP contribution in [0.4, 0.5) is 0 Å². The molecule has 0 aromatic carbocycles. The van der Waals surface area contributed by atoms with Gasteiger partial charge in [-0.25, -0.2) is 9.78 Å². The first-order valence-electron chi connectivity index (χ1n) is 5.98. The minimum atomic E-state index is -1.03. The molecule has 0 bridgehead atoms. The van der Waals surface area contributed by atoms with Crippen molar-refractivity contribution in [3.8, 4) is 0 Å². The average molecular weight is 291 g/mol. The summed E-state index contributed by atoms with van der Waals surface area (Å²) in [7, 11) is 0. The second-order valence-corrected chi connectivity index (χ2v) is 5.01. The van der Waals surface area contributed by atoms with Crippen LogP contribution in [0.3, 0.4) is 0 Å². The molecule has 0 aliphatic carbocycles. The van der Waals surface area contributed by atoms with Crippen molar-refractivity contribution in [2.75, 3.05) is 6.54 Å². The van der Waals surface area contributed by atoms with E-state index in [2.05, 4.69) is 15.3 Å². The maximum Gasteiger partial charge on any atom is 0.355 e. The Balaban J connectivity index is 1.75. The lowest BCUT2D eigenvalue weighted by atomic mass is 10.2. The fourth-order valence-electron chi connectivity index (χ4n) is 1.58. The summed E-state index contributed by atoms with van der Waals surface area (Å²) in [6.45, 7) is 0.441. The molecule has 0 saturated heterocycles. The predicted molar refractivity (Wildman–Crippen MR) is 73.7 cm³/mol. The van der Waals surface area contributed by atoms with Crippen molar-refractivity contribution in [2.24, 2.45) is 0 Å². The highest BCUT2D eigenvalue weighted by Crippen LogP contribution is 2.09. The highest BCUT2D eigenvalue weighted by Gasteiger charge is 2.09. The standard InChI is InChI=1S/C13H13N3O3S/c17-11(7-9-1-4-14-5-2-9)15-6-3-12-16-10(8-20-12)13(18)19/h1-2,4-5,8H,3,6-7H2,(H,15,17)(H,18,19). The number of carboxylic acids is 1. The molecule has 2 heterocycles. The number of thiazole rings is 1. The highest BCUT2D eigenvalue weighted by atomic mass is 32.1. The highest BCUT2D eigenvalue weighted by molar-refractivity contribution is 7.09. The number of pyridine rings is 1. The zero-order valence-corrected chi connectivity index (χ0v) is 11.4. The number of nitrogens with zero attached hydrogens (tertiary/aromatic N) is 2. The van der Waals surface area contributed by atoms with E-state index in [0.717, 1.165) is 5.56 Å². The number of hydrogen-bond donors (Lipinski definition) is 2. The predicted octanol–water partition coefficient (Wildman–Crippen LogP) is 1.14.